The summed E-state index contributed by atoms with van der Waals surface area (Å²) in [5, 5.41) is 16.5. The number of alkyl halides is 1. The van der Waals surface area contributed by atoms with Gasteiger partial charge in [0.2, 0.25) is 0 Å². The Bertz CT molecular complexity index is 1500. The highest BCUT2D eigenvalue weighted by Gasteiger charge is 2.59. The summed E-state index contributed by atoms with van der Waals surface area (Å²) >= 11 is 6.69. The van der Waals surface area contributed by atoms with Gasteiger partial charge in [-0.1, -0.05) is 41.9 Å². The van der Waals surface area contributed by atoms with E-state index in [1.807, 2.05) is 37.3 Å². The molecule has 1 saturated heterocycles. The predicted molar refractivity (Wildman–Crippen MR) is 155 cm³/mol. The monoisotopic (exact) mass is 596 g/mol. The third-order valence-corrected chi connectivity index (χ3v) is 10.2. The second-order valence-corrected chi connectivity index (χ2v) is 13.1. The number of allylic oxidation sites excluding steroid dienone is 2. The van der Waals surface area contributed by atoms with Crippen LogP contribution in [0.2, 0.25) is 5.02 Å². The first-order valence-electron chi connectivity index (χ1n) is 14.8. The molecule has 0 bridgehead atoms. The van der Waals surface area contributed by atoms with Crippen molar-refractivity contribution in [3.8, 4) is 5.75 Å². The normalized spacial score (nSPS) is 34.5. The second kappa shape index (κ2) is 10.1. The van der Waals surface area contributed by atoms with E-state index >= 15 is 8.78 Å². The van der Waals surface area contributed by atoms with Gasteiger partial charge >= 0.3 is 0 Å². The molecule has 4 unspecified atom stereocenters. The summed E-state index contributed by atoms with van der Waals surface area (Å²) in [5.74, 6) is -0.940. The molecule has 3 fully saturated rings. The van der Waals surface area contributed by atoms with Gasteiger partial charge in [-0.2, -0.15) is 0 Å². The summed E-state index contributed by atoms with van der Waals surface area (Å²) in [5.41, 5.74) is 0.294. The van der Waals surface area contributed by atoms with Crippen LogP contribution in [0.1, 0.15) is 55.7 Å². The number of likely N-dealkylation sites (N-methyl/N-ethyl adjacent to an activating group) is 1. The Morgan fingerprint density at radius 3 is 2.67 bits per heavy atom. The Labute approximate surface area is 249 Å². The van der Waals surface area contributed by atoms with E-state index in [9.17, 15) is 9.90 Å². The van der Waals surface area contributed by atoms with Gasteiger partial charge in [0.25, 0.3) is 5.91 Å². The van der Waals surface area contributed by atoms with Crippen molar-refractivity contribution in [1.82, 2.24) is 10.6 Å². The van der Waals surface area contributed by atoms with Crippen LogP contribution in [0.3, 0.4) is 0 Å². The van der Waals surface area contributed by atoms with E-state index in [1.54, 1.807) is 6.08 Å². The lowest BCUT2D eigenvalue weighted by Gasteiger charge is -2.36. The molecule has 5 aliphatic rings. The average Bonchev–Trinajstić information content (AvgIpc) is 3.48. The highest BCUT2D eigenvalue weighted by molar-refractivity contribution is 6.33. The molecule has 42 heavy (non-hydrogen) atoms. The van der Waals surface area contributed by atoms with Crippen LogP contribution in [0.15, 0.2) is 53.8 Å². The fourth-order valence-electron chi connectivity index (χ4n) is 7.38. The number of carbonyl (C=O) groups is 1. The maximum Gasteiger partial charge on any atom is 0.251 e. The molecule has 7 rings (SSSR count). The molecule has 9 heteroatoms. The van der Waals surface area contributed by atoms with Crippen molar-refractivity contribution in [3.63, 3.8) is 0 Å². The maximum atomic E-state index is 16.6. The Hall–Kier alpha value is -2.94. The molecular formula is C33H35ClF2N2O4. The maximum absolute atomic E-state index is 16.6. The van der Waals surface area contributed by atoms with E-state index < -0.39 is 35.0 Å². The number of halogens is 3. The fourth-order valence-corrected chi connectivity index (χ4v) is 7.65. The number of fused-ring (bicyclic) bond motifs is 4. The molecule has 2 heterocycles. The van der Waals surface area contributed by atoms with Gasteiger partial charge in [-0.25, -0.2) is 8.78 Å². The van der Waals surface area contributed by atoms with Crippen LogP contribution in [-0.4, -0.2) is 48.5 Å². The lowest BCUT2D eigenvalue weighted by molar-refractivity contribution is -0.116. The van der Waals surface area contributed by atoms with Crippen LogP contribution in [0.4, 0.5) is 8.78 Å². The standard InChI is InChI=1S/C33H35ClF2N2O4/c1-32(40)10-8-18(9-11-32)38-16-33(17-6-4-3-5-7-17)15-21-24(42-33)14-22(35)29(34)27(21)28-20(31(39)37-2)13-25-26(30(28)36)19-12-23(19)41-25/h3-7,13-14,18-19,23,26,30,38,40H,8-12,15-16H2,1-2H3,(H,37,39)/t18-,19?,23?,26?,30?,32-,33-/m1/s1. The number of hydrogen-bond donors (Lipinski definition) is 3. The Morgan fingerprint density at radius 2 is 1.95 bits per heavy atom. The summed E-state index contributed by atoms with van der Waals surface area (Å²) in [4.78, 5) is 13.1. The molecular weight excluding hydrogens is 562 g/mol. The van der Waals surface area contributed by atoms with E-state index in [0.717, 1.165) is 24.8 Å². The van der Waals surface area contributed by atoms with E-state index in [1.165, 1.54) is 13.1 Å². The van der Waals surface area contributed by atoms with Crippen LogP contribution >= 0.6 is 11.6 Å². The minimum Gasteiger partial charge on any atom is -0.494 e. The zero-order chi connectivity index (χ0) is 29.4. The number of rotatable bonds is 6. The largest absolute Gasteiger partial charge is 0.494 e. The summed E-state index contributed by atoms with van der Waals surface area (Å²) in [6.45, 7) is 2.29. The highest BCUT2D eigenvalue weighted by atomic mass is 35.5. The van der Waals surface area contributed by atoms with Crippen molar-refractivity contribution in [2.75, 3.05) is 13.6 Å². The lowest BCUT2D eigenvalue weighted by Crippen LogP contribution is -2.48. The predicted octanol–water partition coefficient (Wildman–Crippen LogP) is 5.36. The van der Waals surface area contributed by atoms with Gasteiger partial charge in [-0.3, -0.25) is 4.79 Å². The number of benzene rings is 2. The Balaban J connectivity index is 1.31. The van der Waals surface area contributed by atoms with Gasteiger partial charge in [0.05, 0.1) is 16.5 Å². The van der Waals surface area contributed by atoms with E-state index in [0.29, 0.717) is 42.9 Å². The third-order valence-electron chi connectivity index (χ3n) is 9.86. The Morgan fingerprint density at radius 1 is 1.21 bits per heavy atom. The second-order valence-electron chi connectivity index (χ2n) is 12.8. The van der Waals surface area contributed by atoms with E-state index in [-0.39, 0.29) is 39.8 Å². The Kier molecular flexibility index (Phi) is 6.68. The molecule has 2 saturated carbocycles. The number of ether oxygens (including phenoxy) is 2. The lowest BCUT2D eigenvalue weighted by atomic mass is 9.78. The molecule has 5 atom stereocenters. The van der Waals surface area contributed by atoms with Gasteiger partial charge in [0, 0.05) is 60.3 Å². The molecule has 0 aromatic heterocycles. The van der Waals surface area contributed by atoms with Crippen LogP contribution in [0.25, 0.3) is 5.57 Å². The SMILES string of the molecule is CNC(=O)C1=C(c2c(Cl)c(F)cc3c2C[C@@](CN[C@H]2CC[C@](C)(O)CC2)(c2ccccc2)O3)C(F)C2C(=C1)OC1CC12. The zero-order valence-corrected chi connectivity index (χ0v) is 24.4. The van der Waals surface area contributed by atoms with Crippen molar-refractivity contribution < 1.29 is 28.2 Å². The molecule has 2 aromatic rings. The first-order valence-corrected chi connectivity index (χ1v) is 15.2. The van der Waals surface area contributed by atoms with Crippen LogP contribution in [0.5, 0.6) is 5.75 Å². The smallest absolute Gasteiger partial charge is 0.251 e. The molecule has 222 valence electrons. The van der Waals surface area contributed by atoms with Crippen molar-refractivity contribution in [2.24, 2.45) is 11.8 Å². The van der Waals surface area contributed by atoms with E-state index in [2.05, 4.69) is 10.6 Å². The molecule has 6 nitrogen and oxygen atoms in total. The van der Waals surface area contributed by atoms with Crippen molar-refractivity contribution in [3.05, 3.63) is 81.3 Å². The van der Waals surface area contributed by atoms with Crippen LogP contribution in [0, 0.1) is 17.7 Å². The summed E-state index contributed by atoms with van der Waals surface area (Å²) < 4.78 is 44.8. The summed E-state index contributed by atoms with van der Waals surface area (Å²) in [6.07, 6.45) is 4.10. The minimum absolute atomic E-state index is 0.0352. The molecule has 2 aromatic carbocycles. The third kappa shape index (κ3) is 4.54. The minimum atomic E-state index is -1.59. The summed E-state index contributed by atoms with van der Waals surface area (Å²) in [6, 6.07) is 11.2. The number of amides is 1. The topological polar surface area (TPSA) is 79.8 Å². The number of aliphatic hydroxyl groups is 1. The average molecular weight is 597 g/mol. The molecule has 1 amide bonds. The molecule has 2 aliphatic heterocycles. The van der Waals surface area contributed by atoms with Gasteiger partial charge < -0.3 is 25.2 Å². The van der Waals surface area contributed by atoms with E-state index in [4.69, 9.17) is 21.1 Å². The molecule has 3 N–H and O–H groups in total. The van der Waals surface area contributed by atoms with Crippen molar-refractivity contribution in [1.29, 1.82) is 0 Å². The van der Waals surface area contributed by atoms with Gasteiger partial charge in [0.15, 0.2) is 5.60 Å². The van der Waals surface area contributed by atoms with Crippen LogP contribution < -0.4 is 15.4 Å². The molecule has 0 radical (unpaired) electrons. The van der Waals surface area contributed by atoms with Gasteiger partial charge in [-0.15, -0.1) is 0 Å². The number of nitrogens with one attached hydrogen (secondary N) is 2. The quantitative estimate of drug-likeness (QED) is 0.418. The first kappa shape index (κ1) is 27.9. The van der Waals surface area contributed by atoms with Gasteiger partial charge in [-0.05, 0) is 50.7 Å². The fraction of sp³-hybridized carbons (Fsp3) is 0.485. The van der Waals surface area contributed by atoms with Crippen molar-refractivity contribution >= 4 is 23.1 Å². The molecule has 3 aliphatic carbocycles. The number of carbonyl (C=O) groups excluding carboxylic acids is 1. The zero-order valence-electron chi connectivity index (χ0n) is 23.7. The first-order chi connectivity index (χ1) is 20.1. The van der Waals surface area contributed by atoms with Crippen molar-refractivity contribution in [2.45, 2.75) is 75.0 Å². The highest BCUT2D eigenvalue weighted by Crippen LogP contribution is 2.59. The van der Waals surface area contributed by atoms with Gasteiger partial charge in [0.1, 0.15) is 29.6 Å². The van der Waals surface area contributed by atoms with Crippen LogP contribution in [-0.2, 0) is 21.6 Å². The molecule has 0 spiro atoms. The number of hydrogen-bond acceptors (Lipinski definition) is 5. The summed E-state index contributed by atoms with van der Waals surface area (Å²) in [7, 11) is 1.48.